The summed E-state index contributed by atoms with van der Waals surface area (Å²) in [5.74, 6) is 1.72. The largest absolute Gasteiger partial charge is 0.371 e. The molecule has 0 aliphatic heterocycles. The van der Waals surface area contributed by atoms with Gasteiger partial charge in [0.25, 0.3) is 0 Å². The van der Waals surface area contributed by atoms with E-state index in [0.717, 1.165) is 18.9 Å². The van der Waals surface area contributed by atoms with Crippen molar-refractivity contribution >= 4 is 0 Å². The number of rotatable bonds is 5. The standard InChI is InChI=1S/C14H25N3O2/c1-5-15-11-9-7-6-8-10(11)12-16-13(17-19-12)14(2,3)18-4/h10-11,15H,5-9H2,1-4H3. The van der Waals surface area contributed by atoms with Gasteiger partial charge in [-0.15, -0.1) is 0 Å². The molecule has 1 aliphatic rings. The maximum Gasteiger partial charge on any atom is 0.231 e. The number of methoxy groups -OCH3 is 1. The van der Waals surface area contributed by atoms with Crippen molar-refractivity contribution in [1.82, 2.24) is 15.5 Å². The second-order valence-electron chi connectivity index (χ2n) is 5.73. The van der Waals surface area contributed by atoms with Crippen LogP contribution in [0.5, 0.6) is 0 Å². The van der Waals surface area contributed by atoms with E-state index < -0.39 is 5.60 Å². The second-order valence-corrected chi connectivity index (χ2v) is 5.73. The molecule has 1 fully saturated rings. The van der Waals surface area contributed by atoms with Gasteiger partial charge in [0.05, 0.1) is 5.92 Å². The van der Waals surface area contributed by atoms with Crippen LogP contribution in [0.3, 0.4) is 0 Å². The van der Waals surface area contributed by atoms with Crippen LogP contribution in [-0.4, -0.2) is 29.8 Å². The minimum atomic E-state index is -0.496. The van der Waals surface area contributed by atoms with E-state index in [1.807, 2.05) is 13.8 Å². The van der Waals surface area contributed by atoms with Crippen LogP contribution in [0.15, 0.2) is 4.52 Å². The molecular weight excluding hydrogens is 242 g/mol. The Bertz CT molecular complexity index is 401. The molecule has 0 amide bonds. The van der Waals surface area contributed by atoms with E-state index in [1.165, 1.54) is 19.3 Å². The molecule has 1 aromatic heterocycles. The van der Waals surface area contributed by atoms with Gasteiger partial charge in [-0.25, -0.2) is 0 Å². The topological polar surface area (TPSA) is 60.2 Å². The van der Waals surface area contributed by atoms with Crippen molar-refractivity contribution in [2.75, 3.05) is 13.7 Å². The van der Waals surface area contributed by atoms with Gasteiger partial charge in [-0.3, -0.25) is 0 Å². The van der Waals surface area contributed by atoms with Crippen LogP contribution in [0, 0.1) is 0 Å². The lowest BCUT2D eigenvalue weighted by Gasteiger charge is -2.29. The van der Waals surface area contributed by atoms with Gasteiger partial charge in [0.1, 0.15) is 5.60 Å². The highest BCUT2D eigenvalue weighted by Crippen LogP contribution is 2.33. The zero-order valence-corrected chi connectivity index (χ0v) is 12.4. The maximum atomic E-state index is 5.49. The normalized spacial score (nSPS) is 24.6. The molecule has 5 nitrogen and oxygen atoms in total. The van der Waals surface area contributed by atoms with Gasteiger partial charge in [0.15, 0.2) is 0 Å². The van der Waals surface area contributed by atoms with Gasteiger partial charge in [-0.1, -0.05) is 24.9 Å². The van der Waals surface area contributed by atoms with Gasteiger partial charge in [-0.2, -0.15) is 4.98 Å². The average Bonchev–Trinajstić information content (AvgIpc) is 2.90. The average molecular weight is 267 g/mol. The Morgan fingerprint density at radius 1 is 1.37 bits per heavy atom. The second kappa shape index (κ2) is 6.01. The van der Waals surface area contributed by atoms with Gasteiger partial charge in [0, 0.05) is 13.2 Å². The summed E-state index contributed by atoms with van der Waals surface area (Å²) in [7, 11) is 1.66. The molecule has 0 radical (unpaired) electrons. The number of nitrogens with zero attached hydrogens (tertiary/aromatic N) is 2. The molecule has 2 rings (SSSR count). The first-order valence-corrected chi connectivity index (χ1v) is 7.21. The third kappa shape index (κ3) is 3.15. The summed E-state index contributed by atoms with van der Waals surface area (Å²) in [6.07, 6.45) is 4.81. The Balaban J connectivity index is 2.16. The molecule has 2 unspecified atom stereocenters. The predicted octanol–water partition coefficient (Wildman–Crippen LogP) is 2.59. The first kappa shape index (κ1) is 14.5. The van der Waals surface area contributed by atoms with Gasteiger partial charge < -0.3 is 14.6 Å². The lowest BCUT2D eigenvalue weighted by atomic mass is 9.84. The number of likely N-dealkylation sites (N-methyl/N-ethyl adjacent to an activating group) is 1. The van der Waals surface area contributed by atoms with E-state index in [9.17, 15) is 0 Å². The van der Waals surface area contributed by atoms with Crippen LogP contribution in [-0.2, 0) is 10.3 Å². The minimum absolute atomic E-state index is 0.336. The van der Waals surface area contributed by atoms with Crippen LogP contribution < -0.4 is 5.32 Å². The van der Waals surface area contributed by atoms with Crippen molar-refractivity contribution in [3.63, 3.8) is 0 Å². The van der Waals surface area contributed by atoms with Crippen molar-refractivity contribution in [1.29, 1.82) is 0 Å². The van der Waals surface area contributed by atoms with Crippen LogP contribution in [0.4, 0.5) is 0 Å². The zero-order valence-electron chi connectivity index (χ0n) is 12.4. The highest BCUT2D eigenvalue weighted by Gasteiger charge is 2.33. The van der Waals surface area contributed by atoms with Gasteiger partial charge in [0.2, 0.25) is 11.7 Å². The first-order chi connectivity index (χ1) is 9.08. The molecule has 0 aromatic carbocycles. The van der Waals surface area contributed by atoms with E-state index in [4.69, 9.17) is 9.26 Å². The van der Waals surface area contributed by atoms with E-state index >= 15 is 0 Å². The molecular formula is C14H25N3O2. The molecule has 1 heterocycles. The lowest BCUT2D eigenvalue weighted by molar-refractivity contribution is 0.00973. The third-order valence-corrected chi connectivity index (χ3v) is 4.04. The molecule has 1 saturated carbocycles. The highest BCUT2D eigenvalue weighted by atomic mass is 16.5. The van der Waals surface area contributed by atoms with Crippen molar-refractivity contribution < 1.29 is 9.26 Å². The number of hydrogen-bond donors (Lipinski definition) is 1. The fourth-order valence-electron chi connectivity index (χ4n) is 2.65. The van der Waals surface area contributed by atoms with Crippen molar-refractivity contribution in [2.45, 2.75) is 64.0 Å². The van der Waals surface area contributed by atoms with E-state index in [1.54, 1.807) is 7.11 Å². The van der Waals surface area contributed by atoms with Crippen LogP contribution >= 0.6 is 0 Å². The molecule has 1 N–H and O–H groups in total. The van der Waals surface area contributed by atoms with E-state index in [2.05, 4.69) is 22.4 Å². The smallest absolute Gasteiger partial charge is 0.231 e. The Morgan fingerprint density at radius 3 is 2.79 bits per heavy atom. The zero-order chi connectivity index (χ0) is 13.9. The van der Waals surface area contributed by atoms with Gasteiger partial charge in [-0.05, 0) is 33.2 Å². The maximum absolute atomic E-state index is 5.49. The van der Waals surface area contributed by atoms with Crippen molar-refractivity contribution in [3.8, 4) is 0 Å². The number of aromatic nitrogens is 2. The fraction of sp³-hybridized carbons (Fsp3) is 0.857. The SMILES string of the molecule is CCNC1CCCCC1c1nc(C(C)(C)OC)no1. The molecule has 108 valence electrons. The Hall–Kier alpha value is -0.940. The third-order valence-electron chi connectivity index (χ3n) is 4.04. The first-order valence-electron chi connectivity index (χ1n) is 7.21. The molecule has 0 spiro atoms. The lowest BCUT2D eigenvalue weighted by Crippen LogP contribution is -2.37. The van der Waals surface area contributed by atoms with E-state index in [-0.39, 0.29) is 0 Å². The molecule has 1 aromatic rings. The Labute approximate surface area is 115 Å². The van der Waals surface area contributed by atoms with Crippen molar-refractivity contribution in [2.24, 2.45) is 0 Å². The number of ether oxygens (including phenoxy) is 1. The monoisotopic (exact) mass is 267 g/mol. The van der Waals surface area contributed by atoms with Crippen LogP contribution in [0.2, 0.25) is 0 Å². The van der Waals surface area contributed by atoms with Gasteiger partial charge >= 0.3 is 0 Å². The summed E-state index contributed by atoms with van der Waals surface area (Å²) in [5.41, 5.74) is -0.496. The van der Waals surface area contributed by atoms with Crippen LogP contribution in [0.1, 0.15) is 64.1 Å². The summed E-state index contributed by atoms with van der Waals surface area (Å²) in [6.45, 7) is 7.01. The van der Waals surface area contributed by atoms with E-state index in [0.29, 0.717) is 17.8 Å². The Kier molecular flexibility index (Phi) is 4.58. The predicted molar refractivity (Wildman–Crippen MR) is 73.0 cm³/mol. The molecule has 0 bridgehead atoms. The Morgan fingerprint density at radius 2 is 2.11 bits per heavy atom. The quantitative estimate of drug-likeness (QED) is 0.888. The summed E-state index contributed by atoms with van der Waals surface area (Å²) in [5, 5.41) is 7.63. The van der Waals surface area contributed by atoms with Crippen molar-refractivity contribution in [3.05, 3.63) is 11.7 Å². The number of hydrogen-bond acceptors (Lipinski definition) is 5. The summed E-state index contributed by atoms with van der Waals surface area (Å²) < 4.78 is 10.9. The number of nitrogens with one attached hydrogen (secondary N) is 1. The summed E-state index contributed by atoms with van der Waals surface area (Å²) >= 11 is 0. The highest BCUT2D eigenvalue weighted by molar-refractivity contribution is 5.04. The van der Waals surface area contributed by atoms with Crippen LogP contribution in [0.25, 0.3) is 0 Å². The minimum Gasteiger partial charge on any atom is -0.371 e. The fourth-order valence-corrected chi connectivity index (χ4v) is 2.65. The summed E-state index contributed by atoms with van der Waals surface area (Å²) in [6, 6.07) is 0.456. The molecule has 0 saturated heterocycles. The molecule has 19 heavy (non-hydrogen) atoms. The molecule has 2 atom stereocenters. The molecule has 5 heteroatoms. The summed E-state index contributed by atoms with van der Waals surface area (Å²) in [4.78, 5) is 4.57. The molecule has 1 aliphatic carbocycles.